The first-order valence-electron chi connectivity index (χ1n) is 6.33. The molecular weight excluding hydrogens is 188 g/mol. The molecular formula is C12H24N2O. The number of ether oxygens (including phenoxy) is 1. The third-order valence-electron chi connectivity index (χ3n) is 3.65. The number of morpholine rings is 1. The van der Waals surface area contributed by atoms with E-state index in [-0.39, 0.29) is 0 Å². The highest BCUT2D eigenvalue weighted by Gasteiger charge is 2.33. The maximum atomic E-state index is 5.74. The molecule has 0 aromatic carbocycles. The van der Waals surface area contributed by atoms with E-state index < -0.39 is 0 Å². The van der Waals surface area contributed by atoms with Crippen LogP contribution in [-0.2, 0) is 4.74 Å². The minimum atomic E-state index is 0.400. The number of hydrogen-bond donors (Lipinski definition) is 1. The van der Waals surface area contributed by atoms with E-state index in [9.17, 15) is 0 Å². The molecule has 2 unspecified atom stereocenters. The van der Waals surface area contributed by atoms with Crippen LogP contribution in [0, 0.1) is 5.92 Å². The molecule has 0 aromatic heterocycles. The topological polar surface area (TPSA) is 24.5 Å². The summed E-state index contributed by atoms with van der Waals surface area (Å²) in [4.78, 5) is 2.51. The fourth-order valence-corrected chi connectivity index (χ4v) is 2.68. The van der Waals surface area contributed by atoms with Gasteiger partial charge in [-0.2, -0.15) is 0 Å². The summed E-state index contributed by atoms with van der Waals surface area (Å²) in [5.41, 5.74) is 0. The van der Waals surface area contributed by atoms with Crippen molar-refractivity contribution >= 4 is 0 Å². The summed E-state index contributed by atoms with van der Waals surface area (Å²) in [7, 11) is 2.25. The molecule has 1 heterocycles. The number of likely N-dealkylation sites (N-methyl/N-ethyl adjacent to an activating group) is 1. The van der Waals surface area contributed by atoms with Crippen LogP contribution in [0.4, 0.5) is 0 Å². The second-order valence-electron chi connectivity index (χ2n) is 4.95. The van der Waals surface area contributed by atoms with Gasteiger partial charge in [-0.1, -0.05) is 6.92 Å². The Balaban J connectivity index is 1.75. The zero-order valence-corrected chi connectivity index (χ0v) is 10.0. The van der Waals surface area contributed by atoms with E-state index in [1.807, 2.05) is 0 Å². The summed E-state index contributed by atoms with van der Waals surface area (Å²) < 4.78 is 5.74. The van der Waals surface area contributed by atoms with Crippen molar-refractivity contribution in [3.8, 4) is 0 Å². The van der Waals surface area contributed by atoms with Crippen LogP contribution in [0.5, 0.6) is 0 Å². The van der Waals surface area contributed by atoms with Crippen molar-refractivity contribution in [3.05, 3.63) is 0 Å². The Morgan fingerprint density at radius 2 is 2.27 bits per heavy atom. The van der Waals surface area contributed by atoms with Crippen LogP contribution in [0.1, 0.15) is 26.2 Å². The lowest BCUT2D eigenvalue weighted by Gasteiger charge is -2.32. The Bertz CT molecular complexity index is 188. The van der Waals surface area contributed by atoms with Crippen LogP contribution in [0.3, 0.4) is 0 Å². The monoisotopic (exact) mass is 212 g/mol. The molecule has 1 aliphatic carbocycles. The Hall–Kier alpha value is -0.120. The van der Waals surface area contributed by atoms with Gasteiger partial charge >= 0.3 is 0 Å². The van der Waals surface area contributed by atoms with Crippen LogP contribution < -0.4 is 5.32 Å². The lowest BCUT2D eigenvalue weighted by atomic mass is 10.1. The molecule has 2 rings (SSSR count). The van der Waals surface area contributed by atoms with Gasteiger partial charge in [0, 0.05) is 25.7 Å². The first-order valence-corrected chi connectivity index (χ1v) is 6.33. The SMILES string of the molecule is CCC(C1CC1)N(C)CC1CNCCO1. The van der Waals surface area contributed by atoms with Crippen molar-refractivity contribution in [2.24, 2.45) is 5.92 Å². The zero-order valence-electron chi connectivity index (χ0n) is 10.0. The number of nitrogens with zero attached hydrogens (tertiary/aromatic N) is 1. The molecule has 1 aliphatic heterocycles. The van der Waals surface area contributed by atoms with Crippen LogP contribution in [0.2, 0.25) is 0 Å². The van der Waals surface area contributed by atoms with Crippen molar-refractivity contribution in [3.63, 3.8) is 0 Å². The fourth-order valence-electron chi connectivity index (χ4n) is 2.68. The van der Waals surface area contributed by atoms with Gasteiger partial charge in [0.25, 0.3) is 0 Å². The predicted octanol–water partition coefficient (Wildman–Crippen LogP) is 1.10. The largest absolute Gasteiger partial charge is 0.374 e. The molecule has 0 amide bonds. The van der Waals surface area contributed by atoms with Crippen LogP contribution >= 0.6 is 0 Å². The summed E-state index contributed by atoms with van der Waals surface area (Å²) in [6, 6.07) is 0.788. The first-order chi connectivity index (χ1) is 7.31. The Labute approximate surface area is 93.2 Å². The highest BCUT2D eigenvalue weighted by atomic mass is 16.5. The average molecular weight is 212 g/mol. The van der Waals surface area contributed by atoms with Crippen molar-refractivity contribution in [2.45, 2.75) is 38.3 Å². The summed E-state index contributed by atoms with van der Waals surface area (Å²) >= 11 is 0. The maximum Gasteiger partial charge on any atom is 0.0826 e. The third kappa shape index (κ3) is 3.16. The van der Waals surface area contributed by atoms with Crippen LogP contribution in [0.15, 0.2) is 0 Å². The molecule has 1 saturated carbocycles. The van der Waals surface area contributed by atoms with Gasteiger partial charge in [0.05, 0.1) is 12.7 Å². The normalized spacial score (nSPS) is 29.4. The predicted molar refractivity (Wildman–Crippen MR) is 62.0 cm³/mol. The van der Waals surface area contributed by atoms with E-state index in [4.69, 9.17) is 4.74 Å². The molecule has 2 fully saturated rings. The van der Waals surface area contributed by atoms with Gasteiger partial charge in [-0.25, -0.2) is 0 Å². The van der Waals surface area contributed by atoms with Crippen molar-refractivity contribution in [1.29, 1.82) is 0 Å². The molecule has 3 heteroatoms. The first kappa shape index (κ1) is 11.4. The van der Waals surface area contributed by atoms with Gasteiger partial charge in [-0.15, -0.1) is 0 Å². The molecule has 0 aromatic rings. The highest BCUT2D eigenvalue weighted by Crippen LogP contribution is 2.36. The Morgan fingerprint density at radius 3 is 2.80 bits per heavy atom. The smallest absolute Gasteiger partial charge is 0.0826 e. The molecule has 3 nitrogen and oxygen atoms in total. The fraction of sp³-hybridized carbons (Fsp3) is 1.00. The summed E-state index contributed by atoms with van der Waals surface area (Å²) in [5.74, 6) is 0.969. The quantitative estimate of drug-likeness (QED) is 0.738. The Morgan fingerprint density at radius 1 is 1.47 bits per heavy atom. The number of hydrogen-bond acceptors (Lipinski definition) is 3. The van der Waals surface area contributed by atoms with Crippen molar-refractivity contribution in [1.82, 2.24) is 10.2 Å². The van der Waals surface area contributed by atoms with Gasteiger partial charge in [0.1, 0.15) is 0 Å². The molecule has 1 N–H and O–H groups in total. The van der Waals surface area contributed by atoms with Crippen molar-refractivity contribution < 1.29 is 4.74 Å². The minimum absolute atomic E-state index is 0.400. The maximum absolute atomic E-state index is 5.74. The van der Waals surface area contributed by atoms with E-state index in [2.05, 4.69) is 24.2 Å². The number of rotatable bonds is 5. The second kappa shape index (κ2) is 5.28. The summed E-state index contributed by atoms with van der Waals surface area (Å²) in [6.45, 7) is 6.30. The zero-order chi connectivity index (χ0) is 10.7. The van der Waals surface area contributed by atoms with E-state index in [0.717, 1.165) is 38.2 Å². The van der Waals surface area contributed by atoms with Crippen molar-refractivity contribution in [2.75, 3.05) is 33.3 Å². The lowest BCUT2D eigenvalue weighted by molar-refractivity contribution is 0.000667. The lowest BCUT2D eigenvalue weighted by Crippen LogP contribution is -2.47. The van der Waals surface area contributed by atoms with Gasteiger partial charge in [0.2, 0.25) is 0 Å². The molecule has 0 bridgehead atoms. The van der Waals surface area contributed by atoms with E-state index in [1.165, 1.54) is 19.3 Å². The van der Waals surface area contributed by atoms with Gasteiger partial charge in [-0.05, 0) is 32.2 Å². The molecule has 2 aliphatic rings. The summed E-state index contributed by atoms with van der Waals surface area (Å²) in [5, 5.41) is 3.39. The van der Waals surface area contributed by atoms with Crippen LogP contribution in [0.25, 0.3) is 0 Å². The Kier molecular flexibility index (Phi) is 4.00. The standard InChI is InChI=1S/C12H24N2O/c1-3-12(10-4-5-10)14(2)9-11-8-13-6-7-15-11/h10-13H,3-9H2,1-2H3. The minimum Gasteiger partial charge on any atom is -0.374 e. The van der Waals surface area contributed by atoms with E-state index >= 15 is 0 Å². The average Bonchev–Trinajstić information content (AvgIpc) is 3.04. The number of nitrogens with one attached hydrogen (secondary N) is 1. The molecule has 88 valence electrons. The molecule has 15 heavy (non-hydrogen) atoms. The summed E-state index contributed by atoms with van der Waals surface area (Å²) in [6.07, 6.45) is 4.55. The van der Waals surface area contributed by atoms with Gasteiger partial charge in [-0.3, -0.25) is 0 Å². The van der Waals surface area contributed by atoms with Gasteiger partial charge < -0.3 is 15.0 Å². The van der Waals surface area contributed by atoms with Gasteiger partial charge in [0.15, 0.2) is 0 Å². The van der Waals surface area contributed by atoms with E-state index in [0.29, 0.717) is 6.10 Å². The molecule has 0 spiro atoms. The second-order valence-corrected chi connectivity index (χ2v) is 4.95. The highest BCUT2D eigenvalue weighted by molar-refractivity contribution is 4.87. The van der Waals surface area contributed by atoms with Crippen LogP contribution in [-0.4, -0.2) is 50.3 Å². The molecule has 2 atom stereocenters. The van der Waals surface area contributed by atoms with E-state index in [1.54, 1.807) is 0 Å². The third-order valence-corrected chi connectivity index (χ3v) is 3.65. The molecule has 0 radical (unpaired) electrons. The molecule has 1 saturated heterocycles.